The molecule has 1 heterocycles. The maximum Gasteiger partial charge on any atom is 0.335 e. The molecule has 3 N–H and O–H groups in total. The first kappa shape index (κ1) is 22.0. The molecule has 1 aliphatic heterocycles. The number of aromatic carboxylic acids is 1. The highest BCUT2D eigenvalue weighted by Gasteiger charge is 2.38. The minimum atomic E-state index is -3.79. The third kappa shape index (κ3) is 4.01. The van der Waals surface area contributed by atoms with Crippen molar-refractivity contribution in [2.45, 2.75) is 23.3 Å². The highest BCUT2D eigenvalue weighted by molar-refractivity contribution is 7.92. The predicted octanol–water partition coefficient (Wildman–Crippen LogP) is 5.02. The van der Waals surface area contributed by atoms with E-state index in [0.29, 0.717) is 11.4 Å². The van der Waals surface area contributed by atoms with E-state index in [2.05, 4.69) is 22.2 Å². The summed E-state index contributed by atoms with van der Waals surface area (Å²) >= 11 is 0. The lowest BCUT2D eigenvalue weighted by molar-refractivity contribution is 0.0697. The molecule has 2 aliphatic rings. The first-order chi connectivity index (χ1) is 16.4. The number of benzene rings is 3. The first-order valence-corrected chi connectivity index (χ1v) is 12.4. The van der Waals surface area contributed by atoms with E-state index in [-0.39, 0.29) is 28.3 Å². The van der Waals surface area contributed by atoms with E-state index in [1.54, 1.807) is 54.6 Å². The van der Waals surface area contributed by atoms with Crippen LogP contribution in [0.1, 0.15) is 39.9 Å². The Morgan fingerprint density at radius 2 is 1.88 bits per heavy atom. The Labute approximate surface area is 198 Å². The molecular weight excluding hydrogens is 452 g/mol. The van der Waals surface area contributed by atoms with Gasteiger partial charge in [-0.1, -0.05) is 30.4 Å². The van der Waals surface area contributed by atoms with Crippen LogP contribution in [0.2, 0.25) is 0 Å². The lowest BCUT2D eigenvalue weighted by Crippen LogP contribution is -2.29. The fourth-order valence-corrected chi connectivity index (χ4v) is 5.89. The molecule has 0 unspecified atom stereocenters. The normalized spacial score (nSPS) is 20.7. The van der Waals surface area contributed by atoms with Crippen LogP contribution >= 0.6 is 0 Å². The van der Waals surface area contributed by atoms with Crippen LogP contribution in [0.4, 0.5) is 11.4 Å². The molecule has 0 aromatic heterocycles. The molecule has 0 spiro atoms. The number of carboxylic acids is 1. The number of nitrogens with one attached hydrogen (secondary N) is 2. The number of hydrogen-bond donors (Lipinski definition) is 3. The zero-order valence-corrected chi connectivity index (χ0v) is 19.2. The summed E-state index contributed by atoms with van der Waals surface area (Å²) in [6.45, 7) is 0. The molecule has 0 fully saturated rings. The van der Waals surface area contributed by atoms with Gasteiger partial charge in [0.1, 0.15) is 5.75 Å². The van der Waals surface area contributed by atoms with Crippen LogP contribution in [-0.2, 0) is 10.0 Å². The largest absolute Gasteiger partial charge is 0.497 e. The van der Waals surface area contributed by atoms with Crippen molar-refractivity contribution in [1.29, 1.82) is 0 Å². The number of rotatable bonds is 6. The Kier molecular flexibility index (Phi) is 5.53. The molecule has 0 bridgehead atoms. The molecule has 3 atom stereocenters. The number of allylic oxidation sites excluding steroid dienone is 2. The standard InChI is InChI=1S/C26H24N2O5S/c1-33-19-5-2-4-18(14-19)28-34(31,32)20-12-13-24-23(15-20)21-6-3-7-22(21)25(27-24)16-8-10-17(11-9-16)26(29)30/h2-6,8-15,21-22,25,27-28H,7H2,1H3,(H,29,30)/t21-,22+,25-/m0/s1. The maximum absolute atomic E-state index is 13.1. The van der Waals surface area contributed by atoms with Crippen LogP contribution < -0.4 is 14.8 Å². The monoisotopic (exact) mass is 476 g/mol. The lowest BCUT2D eigenvalue weighted by Gasteiger charge is -2.37. The summed E-state index contributed by atoms with van der Waals surface area (Å²) in [7, 11) is -2.26. The Morgan fingerprint density at radius 3 is 2.62 bits per heavy atom. The van der Waals surface area contributed by atoms with E-state index in [4.69, 9.17) is 4.74 Å². The van der Waals surface area contributed by atoms with Crippen molar-refractivity contribution in [3.05, 3.63) is 95.6 Å². The molecule has 5 rings (SSSR count). The van der Waals surface area contributed by atoms with Crippen LogP contribution in [0.25, 0.3) is 0 Å². The molecular formula is C26H24N2O5S. The molecule has 7 nitrogen and oxygen atoms in total. The second-order valence-electron chi connectivity index (χ2n) is 8.49. The molecule has 0 amide bonds. The Bertz CT molecular complexity index is 1380. The summed E-state index contributed by atoms with van der Waals surface area (Å²) in [6.07, 6.45) is 5.11. The van der Waals surface area contributed by atoms with Gasteiger partial charge in [0, 0.05) is 17.7 Å². The summed E-state index contributed by atoms with van der Waals surface area (Å²) in [5.41, 5.74) is 3.50. The summed E-state index contributed by atoms with van der Waals surface area (Å²) in [5, 5.41) is 12.7. The summed E-state index contributed by atoms with van der Waals surface area (Å²) in [6, 6.07) is 18.8. The van der Waals surface area contributed by atoms with Crippen molar-refractivity contribution in [1.82, 2.24) is 0 Å². The number of carbonyl (C=O) groups is 1. The van der Waals surface area contributed by atoms with Gasteiger partial charge >= 0.3 is 5.97 Å². The quantitative estimate of drug-likeness (QED) is 0.432. The molecule has 8 heteroatoms. The predicted molar refractivity (Wildman–Crippen MR) is 130 cm³/mol. The highest BCUT2D eigenvalue weighted by atomic mass is 32.2. The fraction of sp³-hybridized carbons (Fsp3) is 0.192. The summed E-state index contributed by atoms with van der Waals surface area (Å²) in [5.74, 6) is -0.124. The van der Waals surface area contributed by atoms with Gasteiger partial charge in [0.15, 0.2) is 0 Å². The zero-order chi connectivity index (χ0) is 23.9. The minimum Gasteiger partial charge on any atom is -0.497 e. The van der Waals surface area contributed by atoms with Crippen LogP contribution in [0, 0.1) is 5.92 Å². The van der Waals surface area contributed by atoms with Gasteiger partial charge in [-0.25, -0.2) is 13.2 Å². The first-order valence-electron chi connectivity index (χ1n) is 10.9. The van der Waals surface area contributed by atoms with E-state index < -0.39 is 16.0 Å². The van der Waals surface area contributed by atoms with Crippen LogP contribution in [0.15, 0.2) is 83.8 Å². The number of hydrogen-bond acceptors (Lipinski definition) is 5. The van der Waals surface area contributed by atoms with Gasteiger partial charge < -0.3 is 15.2 Å². The van der Waals surface area contributed by atoms with Gasteiger partial charge in [-0.05, 0) is 65.9 Å². The molecule has 3 aromatic rings. The summed E-state index contributed by atoms with van der Waals surface area (Å²) in [4.78, 5) is 11.4. The molecule has 174 valence electrons. The van der Waals surface area contributed by atoms with E-state index in [9.17, 15) is 18.3 Å². The van der Waals surface area contributed by atoms with Crippen molar-refractivity contribution in [2.24, 2.45) is 5.92 Å². The minimum absolute atomic E-state index is 0.00675. The number of methoxy groups -OCH3 is 1. The highest BCUT2D eigenvalue weighted by Crippen LogP contribution is 2.50. The number of carboxylic acid groups (broad SMARTS) is 1. The third-order valence-corrected chi connectivity index (χ3v) is 7.86. The van der Waals surface area contributed by atoms with Gasteiger partial charge in [-0.3, -0.25) is 4.72 Å². The smallest absolute Gasteiger partial charge is 0.335 e. The van der Waals surface area contributed by atoms with Gasteiger partial charge in [0.05, 0.1) is 29.3 Å². The van der Waals surface area contributed by atoms with E-state index in [1.807, 2.05) is 12.1 Å². The molecule has 0 saturated carbocycles. The number of anilines is 2. The molecule has 1 aliphatic carbocycles. The maximum atomic E-state index is 13.1. The number of ether oxygens (including phenoxy) is 1. The van der Waals surface area contributed by atoms with Crippen LogP contribution in [0.3, 0.4) is 0 Å². The van der Waals surface area contributed by atoms with Crippen molar-refractivity contribution in [3.8, 4) is 5.75 Å². The third-order valence-electron chi connectivity index (χ3n) is 6.48. The van der Waals surface area contributed by atoms with E-state index in [0.717, 1.165) is 23.2 Å². The molecule has 0 radical (unpaired) electrons. The molecule has 34 heavy (non-hydrogen) atoms. The van der Waals surface area contributed by atoms with Crippen molar-refractivity contribution < 1.29 is 23.1 Å². The van der Waals surface area contributed by atoms with Crippen molar-refractivity contribution in [3.63, 3.8) is 0 Å². The zero-order valence-electron chi connectivity index (χ0n) is 18.4. The number of fused-ring (bicyclic) bond motifs is 3. The second kappa shape index (κ2) is 8.53. The average molecular weight is 477 g/mol. The van der Waals surface area contributed by atoms with Gasteiger partial charge in [-0.2, -0.15) is 0 Å². The van der Waals surface area contributed by atoms with Crippen molar-refractivity contribution in [2.75, 3.05) is 17.1 Å². The lowest BCUT2D eigenvalue weighted by atomic mass is 9.77. The Hall–Kier alpha value is -3.78. The fourth-order valence-electron chi connectivity index (χ4n) is 4.80. The van der Waals surface area contributed by atoms with Crippen LogP contribution in [0.5, 0.6) is 5.75 Å². The SMILES string of the molecule is COc1cccc(NS(=O)(=O)c2ccc3c(c2)[C@H]2C=CC[C@H]2[C@H](c2ccc(C(=O)O)cc2)N3)c1. The Morgan fingerprint density at radius 1 is 1.09 bits per heavy atom. The topological polar surface area (TPSA) is 105 Å². The van der Waals surface area contributed by atoms with Crippen molar-refractivity contribution >= 4 is 27.4 Å². The van der Waals surface area contributed by atoms with E-state index in [1.165, 1.54) is 7.11 Å². The summed E-state index contributed by atoms with van der Waals surface area (Å²) < 4.78 is 34.0. The van der Waals surface area contributed by atoms with Gasteiger partial charge in [-0.15, -0.1) is 0 Å². The molecule has 3 aromatic carbocycles. The second-order valence-corrected chi connectivity index (χ2v) is 10.2. The average Bonchev–Trinajstić information content (AvgIpc) is 3.33. The van der Waals surface area contributed by atoms with Crippen LogP contribution in [-0.4, -0.2) is 26.6 Å². The number of sulfonamides is 1. The van der Waals surface area contributed by atoms with Gasteiger partial charge in [0.25, 0.3) is 10.0 Å². The molecule has 0 saturated heterocycles. The van der Waals surface area contributed by atoms with E-state index >= 15 is 0 Å². The van der Waals surface area contributed by atoms with Gasteiger partial charge in [0.2, 0.25) is 0 Å². The Balaban J connectivity index is 1.45.